The number of hydrogen-bond donors (Lipinski definition) is 0. The normalized spacial score (nSPS) is 8.00. The monoisotopic (exact) mass is 211 g/mol. The molecule has 1 heterocycles. The number of aromatic carboxylic acids is 2. The molecule has 0 N–H and O–H groups in total. The van der Waals surface area contributed by atoms with Crippen LogP contribution in [0.3, 0.4) is 0 Å². The molecule has 62 valence electrons. The van der Waals surface area contributed by atoms with E-state index in [1.54, 1.807) is 0 Å². The fourth-order valence-corrected chi connectivity index (χ4v) is 0.663. The largest absolute Gasteiger partial charge is 1.00 e. The second-order valence-electron chi connectivity index (χ2n) is 2.04. The van der Waals surface area contributed by atoms with E-state index in [4.69, 9.17) is 0 Å². The Kier molecular flexibility index (Phi) is 8.72. The molecule has 0 aliphatic rings. The molecule has 0 unspecified atom stereocenters. The standard InChI is InChI=1S/C7H5NO4.2Na/c9-6(10)4-1-5(7(11)12)3-8-2-4;;/h1-3H,(H,9,10)(H,11,12);;/q;2*+1/p-2. The molecule has 7 heteroatoms. The minimum absolute atomic E-state index is 0. The fourth-order valence-electron chi connectivity index (χ4n) is 0.663. The molecule has 0 saturated heterocycles. The summed E-state index contributed by atoms with van der Waals surface area (Å²) in [6.07, 6.45) is 2.00. The zero-order chi connectivity index (χ0) is 9.14. The Labute approximate surface area is 124 Å². The first-order chi connectivity index (χ1) is 5.61. The molecule has 0 spiro atoms. The first kappa shape index (κ1) is 16.5. The first-order valence-corrected chi connectivity index (χ1v) is 2.99. The van der Waals surface area contributed by atoms with Gasteiger partial charge in [-0.1, -0.05) is 0 Å². The molecule has 1 aromatic rings. The summed E-state index contributed by atoms with van der Waals surface area (Å²) in [5.74, 6) is -2.93. The Hall–Kier alpha value is 0.0900. The van der Waals surface area contributed by atoms with E-state index in [1.165, 1.54) is 0 Å². The van der Waals surface area contributed by atoms with E-state index in [9.17, 15) is 19.8 Å². The maximum absolute atomic E-state index is 10.2. The summed E-state index contributed by atoms with van der Waals surface area (Å²) in [5, 5.41) is 20.4. The van der Waals surface area contributed by atoms with Crippen molar-refractivity contribution in [3.8, 4) is 0 Å². The van der Waals surface area contributed by atoms with Gasteiger partial charge in [0.15, 0.2) is 0 Å². The molecule has 0 aromatic carbocycles. The zero-order valence-electron chi connectivity index (χ0n) is 7.81. The molecule has 0 radical (unpaired) electrons. The molecule has 1 rings (SSSR count). The third-order valence-corrected chi connectivity index (χ3v) is 1.21. The summed E-state index contributed by atoms with van der Waals surface area (Å²) in [4.78, 5) is 23.8. The number of carboxylic acids is 2. The van der Waals surface area contributed by atoms with Crippen LogP contribution in [0.5, 0.6) is 0 Å². The van der Waals surface area contributed by atoms with Crippen LogP contribution in [-0.2, 0) is 0 Å². The number of hydrogen-bond acceptors (Lipinski definition) is 5. The predicted octanol–water partition coefficient (Wildman–Crippen LogP) is -8.18. The van der Waals surface area contributed by atoms with Crippen molar-refractivity contribution in [3.05, 3.63) is 29.6 Å². The Morgan fingerprint density at radius 2 is 1.36 bits per heavy atom. The topological polar surface area (TPSA) is 93.2 Å². The molecule has 0 fully saturated rings. The molecule has 0 aliphatic carbocycles. The van der Waals surface area contributed by atoms with Crippen molar-refractivity contribution < 1.29 is 78.9 Å². The van der Waals surface area contributed by atoms with Gasteiger partial charge in [0.25, 0.3) is 0 Å². The van der Waals surface area contributed by atoms with Crippen LogP contribution in [0, 0.1) is 0 Å². The van der Waals surface area contributed by atoms with Crippen LogP contribution in [0.25, 0.3) is 0 Å². The number of aromatic nitrogens is 1. The maximum Gasteiger partial charge on any atom is 1.00 e. The van der Waals surface area contributed by atoms with Crippen LogP contribution >= 0.6 is 0 Å². The Bertz CT molecular complexity index is 313. The summed E-state index contributed by atoms with van der Waals surface area (Å²) in [5.41, 5.74) is -0.562. The Morgan fingerprint density at radius 1 is 1.00 bits per heavy atom. The fraction of sp³-hybridized carbons (Fsp3) is 0. The van der Waals surface area contributed by atoms with Crippen molar-refractivity contribution >= 4 is 11.9 Å². The predicted molar refractivity (Wildman–Crippen MR) is 32.9 cm³/mol. The number of carbonyl (C=O) groups is 2. The average molecular weight is 211 g/mol. The number of nitrogens with zero attached hydrogens (tertiary/aromatic N) is 1. The van der Waals surface area contributed by atoms with E-state index >= 15 is 0 Å². The molecule has 0 aliphatic heterocycles. The Morgan fingerprint density at radius 3 is 1.64 bits per heavy atom. The number of pyridine rings is 1. The van der Waals surface area contributed by atoms with Gasteiger partial charge in [-0.3, -0.25) is 4.98 Å². The van der Waals surface area contributed by atoms with Crippen LogP contribution in [0.4, 0.5) is 0 Å². The molecule has 0 amide bonds. The van der Waals surface area contributed by atoms with Gasteiger partial charge in [0, 0.05) is 23.5 Å². The van der Waals surface area contributed by atoms with Crippen LogP contribution in [0.2, 0.25) is 0 Å². The van der Waals surface area contributed by atoms with E-state index in [0.717, 1.165) is 18.5 Å². The van der Waals surface area contributed by atoms with Gasteiger partial charge >= 0.3 is 59.1 Å². The quantitative estimate of drug-likeness (QED) is 0.453. The molecule has 14 heavy (non-hydrogen) atoms. The maximum atomic E-state index is 10.2. The third-order valence-electron chi connectivity index (χ3n) is 1.21. The van der Waals surface area contributed by atoms with Crippen molar-refractivity contribution in [3.63, 3.8) is 0 Å². The number of carbonyl (C=O) groups excluding carboxylic acids is 2. The summed E-state index contributed by atoms with van der Waals surface area (Å²) >= 11 is 0. The molecule has 0 saturated carbocycles. The molecule has 1 aromatic heterocycles. The molecule has 0 atom stereocenters. The Balaban J connectivity index is 0. The second-order valence-corrected chi connectivity index (χ2v) is 2.04. The minimum atomic E-state index is -1.47. The van der Waals surface area contributed by atoms with Gasteiger partial charge in [0.2, 0.25) is 0 Å². The summed E-state index contributed by atoms with van der Waals surface area (Å²) in [6, 6.07) is 0.928. The van der Waals surface area contributed by atoms with E-state index in [2.05, 4.69) is 4.98 Å². The SMILES string of the molecule is O=C([O-])c1cncc(C(=O)[O-])c1.[Na+].[Na+]. The van der Waals surface area contributed by atoms with E-state index in [1.807, 2.05) is 0 Å². The van der Waals surface area contributed by atoms with Crippen molar-refractivity contribution in [2.75, 3.05) is 0 Å². The molecule has 5 nitrogen and oxygen atoms in total. The number of rotatable bonds is 2. The smallest absolute Gasteiger partial charge is 0.545 e. The van der Waals surface area contributed by atoms with Crippen molar-refractivity contribution in [2.45, 2.75) is 0 Å². The van der Waals surface area contributed by atoms with E-state index in [-0.39, 0.29) is 70.2 Å². The van der Waals surface area contributed by atoms with E-state index in [0.29, 0.717) is 0 Å². The van der Waals surface area contributed by atoms with Gasteiger partial charge in [-0.05, 0) is 6.07 Å². The van der Waals surface area contributed by atoms with Gasteiger partial charge in [0.1, 0.15) is 0 Å². The summed E-state index contributed by atoms with van der Waals surface area (Å²) in [7, 11) is 0. The third kappa shape index (κ3) is 4.54. The van der Waals surface area contributed by atoms with Crippen molar-refractivity contribution in [2.24, 2.45) is 0 Å². The molecular formula is C7H3NNa2O4. The van der Waals surface area contributed by atoms with Gasteiger partial charge in [0.05, 0.1) is 11.9 Å². The van der Waals surface area contributed by atoms with Crippen LogP contribution in [-0.4, -0.2) is 16.9 Å². The van der Waals surface area contributed by atoms with Gasteiger partial charge in [-0.15, -0.1) is 0 Å². The van der Waals surface area contributed by atoms with Gasteiger partial charge in [-0.25, -0.2) is 0 Å². The van der Waals surface area contributed by atoms with Crippen LogP contribution in [0.15, 0.2) is 18.5 Å². The van der Waals surface area contributed by atoms with Crippen molar-refractivity contribution in [1.82, 2.24) is 4.98 Å². The second kappa shape index (κ2) is 7.39. The van der Waals surface area contributed by atoms with Crippen molar-refractivity contribution in [1.29, 1.82) is 0 Å². The zero-order valence-corrected chi connectivity index (χ0v) is 11.8. The molecule has 0 bridgehead atoms. The molecular weight excluding hydrogens is 208 g/mol. The van der Waals surface area contributed by atoms with Crippen LogP contribution < -0.4 is 69.3 Å². The summed E-state index contributed by atoms with van der Waals surface area (Å²) in [6.45, 7) is 0. The average Bonchev–Trinajstić information content (AvgIpc) is 2.04. The van der Waals surface area contributed by atoms with Gasteiger partial charge in [-0.2, -0.15) is 0 Å². The summed E-state index contributed by atoms with van der Waals surface area (Å²) < 4.78 is 0. The minimum Gasteiger partial charge on any atom is -0.545 e. The number of carboxylic acid groups (broad SMARTS) is 2. The van der Waals surface area contributed by atoms with Crippen LogP contribution in [0.1, 0.15) is 20.7 Å². The van der Waals surface area contributed by atoms with Gasteiger partial charge < -0.3 is 19.8 Å². The first-order valence-electron chi connectivity index (χ1n) is 2.99. The van der Waals surface area contributed by atoms with E-state index < -0.39 is 11.9 Å².